The van der Waals surface area contributed by atoms with Gasteiger partial charge in [0.1, 0.15) is 11.6 Å². The number of benzene rings is 2. The molecule has 3 rings (SSSR count). The van der Waals surface area contributed by atoms with Crippen LogP contribution in [0.3, 0.4) is 0 Å². The topological polar surface area (TPSA) is 43.4 Å². The highest BCUT2D eigenvalue weighted by Crippen LogP contribution is 2.29. The molecule has 0 spiro atoms. The Morgan fingerprint density at radius 2 is 1.65 bits per heavy atom. The van der Waals surface area contributed by atoms with E-state index < -0.39 is 11.8 Å². The highest BCUT2D eigenvalue weighted by atomic mass is 19.1. The van der Waals surface area contributed by atoms with Crippen LogP contribution in [0.1, 0.15) is 26.3 Å². The summed E-state index contributed by atoms with van der Waals surface area (Å²) in [5, 5.41) is 0. The number of ether oxygens (including phenoxy) is 1. The van der Waals surface area contributed by atoms with Crippen LogP contribution < -0.4 is 0 Å². The minimum Gasteiger partial charge on any atom is -0.422 e. The first kappa shape index (κ1) is 12.3. The summed E-state index contributed by atoms with van der Waals surface area (Å²) in [6, 6.07) is 12.0. The van der Waals surface area contributed by atoms with Gasteiger partial charge in [0.25, 0.3) is 0 Å². The zero-order chi connectivity index (χ0) is 14.1. The van der Waals surface area contributed by atoms with Gasteiger partial charge in [0.05, 0.1) is 5.56 Å². The summed E-state index contributed by atoms with van der Waals surface area (Å²) in [4.78, 5) is 23.7. The van der Waals surface area contributed by atoms with Crippen LogP contribution in [0.5, 0.6) is 0 Å². The Kier molecular flexibility index (Phi) is 2.91. The summed E-state index contributed by atoms with van der Waals surface area (Å²) in [6.45, 7) is 0. The monoisotopic (exact) mass is 268 g/mol. The summed E-state index contributed by atoms with van der Waals surface area (Å²) < 4.78 is 17.9. The predicted molar refractivity (Wildman–Crippen MR) is 70.6 cm³/mol. The van der Waals surface area contributed by atoms with Crippen LogP contribution in [-0.4, -0.2) is 11.8 Å². The fourth-order valence-electron chi connectivity index (χ4n) is 2.01. The van der Waals surface area contributed by atoms with E-state index >= 15 is 0 Å². The molecule has 20 heavy (non-hydrogen) atoms. The molecule has 0 bridgehead atoms. The second-order valence-electron chi connectivity index (χ2n) is 4.31. The minimum atomic E-state index is -0.473. The molecular formula is C16H9FO3. The molecule has 1 aliphatic rings. The van der Waals surface area contributed by atoms with Crippen LogP contribution in [0.2, 0.25) is 0 Å². The van der Waals surface area contributed by atoms with Crippen LogP contribution in [0.25, 0.3) is 5.76 Å². The lowest BCUT2D eigenvalue weighted by molar-refractivity contribution is 0.0715. The number of carbonyl (C=O) groups excluding carboxylic acids is 2. The lowest BCUT2D eigenvalue weighted by Crippen LogP contribution is -1.97. The summed E-state index contributed by atoms with van der Waals surface area (Å²) in [6.07, 6.45) is 1.25. The van der Waals surface area contributed by atoms with Gasteiger partial charge in [-0.15, -0.1) is 0 Å². The summed E-state index contributed by atoms with van der Waals surface area (Å²) in [7, 11) is 0. The number of cyclic esters (lactones) is 1. The van der Waals surface area contributed by atoms with E-state index in [1.807, 2.05) is 0 Å². The Morgan fingerprint density at radius 1 is 1.00 bits per heavy atom. The number of allylic oxidation sites excluding steroid dienone is 1. The molecule has 4 heteroatoms. The third-order valence-corrected chi connectivity index (χ3v) is 3.01. The quantitative estimate of drug-likeness (QED) is 0.477. The molecule has 0 radical (unpaired) electrons. The fraction of sp³-hybridized carbons (Fsp3) is 0. The molecule has 0 fully saturated rings. The fourth-order valence-corrected chi connectivity index (χ4v) is 2.01. The van der Waals surface area contributed by atoms with Gasteiger partial charge in [-0.1, -0.05) is 18.2 Å². The molecule has 0 unspecified atom stereocenters. The summed E-state index contributed by atoms with van der Waals surface area (Å²) >= 11 is 0. The third-order valence-electron chi connectivity index (χ3n) is 3.01. The third kappa shape index (κ3) is 2.12. The second kappa shape index (κ2) is 4.74. The maximum absolute atomic E-state index is 12.8. The minimum absolute atomic E-state index is 0.222. The predicted octanol–water partition coefficient (Wildman–Crippen LogP) is 3.22. The van der Waals surface area contributed by atoms with E-state index in [2.05, 4.69) is 0 Å². The van der Waals surface area contributed by atoms with Gasteiger partial charge in [-0.2, -0.15) is 0 Å². The van der Waals surface area contributed by atoms with E-state index in [0.29, 0.717) is 16.7 Å². The van der Waals surface area contributed by atoms with E-state index in [4.69, 9.17) is 4.74 Å². The number of hydrogen-bond acceptors (Lipinski definition) is 3. The van der Waals surface area contributed by atoms with Crippen LogP contribution in [0.15, 0.2) is 54.6 Å². The average molecular weight is 268 g/mol. The van der Waals surface area contributed by atoms with Gasteiger partial charge in [-0.3, -0.25) is 4.79 Å². The Balaban J connectivity index is 1.96. The zero-order valence-corrected chi connectivity index (χ0v) is 10.3. The van der Waals surface area contributed by atoms with Crippen molar-refractivity contribution in [2.75, 3.05) is 0 Å². The van der Waals surface area contributed by atoms with Gasteiger partial charge in [-0.25, -0.2) is 9.18 Å². The molecule has 0 saturated carbocycles. The van der Waals surface area contributed by atoms with Gasteiger partial charge in [-0.05, 0) is 30.3 Å². The van der Waals surface area contributed by atoms with Crippen molar-refractivity contribution in [2.24, 2.45) is 0 Å². The molecule has 0 saturated heterocycles. The molecule has 0 atom stereocenters. The van der Waals surface area contributed by atoms with Crippen LogP contribution in [0, 0.1) is 5.82 Å². The molecule has 0 amide bonds. The maximum atomic E-state index is 12.8. The lowest BCUT2D eigenvalue weighted by Gasteiger charge is -1.99. The Bertz CT molecular complexity index is 730. The van der Waals surface area contributed by atoms with Gasteiger partial charge in [0.15, 0.2) is 5.78 Å². The van der Waals surface area contributed by atoms with Crippen molar-refractivity contribution in [1.82, 2.24) is 0 Å². The molecule has 1 heterocycles. The first-order chi connectivity index (χ1) is 9.65. The van der Waals surface area contributed by atoms with E-state index in [1.54, 1.807) is 24.3 Å². The molecular weight excluding hydrogens is 259 g/mol. The molecule has 0 aliphatic carbocycles. The van der Waals surface area contributed by atoms with Gasteiger partial charge >= 0.3 is 5.97 Å². The van der Waals surface area contributed by atoms with E-state index in [0.717, 1.165) is 0 Å². The smallest absolute Gasteiger partial charge is 0.344 e. The van der Waals surface area contributed by atoms with Crippen molar-refractivity contribution in [1.29, 1.82) is 0 Å². The molecule has 0 aromatic heterocycles. The van der Waals surface area contributed by atoms with Crippen molar-refractivity contribution in [3.63, 3.8) is 0 Å². The van der Waals surface area contributed by atoms with Gasteiger partial charge in [0, 0.05) is 17.2 Å². The van der Waals surface area contributed by atoms with Gasteiger partial charge < -0.3 is 4.74 Å². The summed E-state index contributed by atoms with van der Waals surface area (Å²) in [5.41, 5.74) is 1.36. The molecule has 2 aromatic carbocycles. The summed E-state index contributed by atoms with van der Waals surface area (Å²) in [5.74, 6) is -1.00. The largest absolute Gasteiger partial charge is 0.422 e. The van der Waals surface area contributed by atoms with Crippen LogP contribution in [0.4, 0.5) is 4.39 Å². The first-order valence-electron chi connectivity index (χ1n) is 5.98. The molecule has 2 aromatic rings. The van der Waals surface area contributed by atoms with Gasteiger partial charge in [0.2, 0.25) is 0 Å². The maximum Gasteiger partial charge on any atom is 0.344 e. The Hall–Kier alpha value is -2.75. The number of hydrogen-bond donors (Lipinski definition) is 0. The first-order valence-corrected chi connectivity index (χ1v) is 5.98. The highest BCUT2D eigenvalue weighted by Gasteiger charge is 2.26. The highest BCUT2D eigenvalue weighted by molar-refractivity contribution is 6.12. The lowest BCUT2D eigenvalue weighted by atomic mass is 10.1. The average Bonchev–Trinajstić information content (AvgIpc) is 2.77. The Morgan fingerprint density at radius 3 is 2.35 bits per heavy atom. The number of rotatable bonds is 2. The molecule has 0 N–H and O–H groups in total. The SMILES string of the molecule is O=C(/C=C1/OC(=O)c2ccccc21)c1ccc(F)cc1. The second-order valence-corrected chi connectivity index (χ2v) is 4.31. The molecule has 98 valence electrons. The van der Waals surface area contributed by atoms with Crippen molar-refractivity contribution in [3.8, 4) is 0 Å². The number of carbonyl (C=O) groups is 2. The number of fused-ring (bicyclic) bond motifs is 1. The molecule has 1 aliphatic heterocycles. The van der Waals surface area contributed by atoms with Crippen LogP contribution >= 0.6 is 0 Å². The van der Waals surface area contributed by atoms with E-state index in [1.165, 1.54) is 30.3 Å². The van der Waals surface area contributed by atoms with Crippen molar-refractivity contribution >= 4 is 17.5 Å². The normalized spacial score (nSPS) is 15.1. The van der Waals surface area contributed by atoms with Crippen molar-refractivity contribution < 1.29 is 18.7 Å². The Labute approximate surface area is 114 Å². The number of ketones is 1. The van der Waals surface area contributed by atoms with E-state index in [9.17, 15) is 14.0 Å². The van der Waals surface area contributed by atoms with Crippen molar-refractivity contribution in [2.45, 2.75) is 0 Å². The van der Waals surface area contributed by atoms with E-state index in [-0.39, 0.29) is 11.5 Å². The van der Waals surface area contributed by atoms with Crippen molar-refractivity contribution in [3.05, 3.63) is 77.1 Å². The zero-order valence-electron chi connectivity index (χ0n) is 10.3. The number of esters is 1. The van der Waals surface area contributed by atoms with Crippen LogP contribution in [-0.2, 0) is 4.74 Å². The standard InChI is InChI=1S/C16H9FO3/c17-11-7-5-10(6-8-11)14(18)9-15-12-3-1-2-4-13(12)16(19)20-15/h1-9H/b15-9+. The number of halogens is 1. The molecule has 3 nitrogen and oxygen atoms in total.